The minimum absolute atomic E-state index is 0.132. The molecule has 1 saturated carbocycles. The summed E-state index contributed by atoms with van der Waals surface area (Å²) >= 11 is 0. The smallest absolute Gasteiger partial charge is 0.402 e. The molecule has 7 nitrogen and oxygen atoms in total. The highest BCUT2D eigenvalue weighted by molar-refractivity contribution is 5.64. The highest BCUT2D eigenvalue weighted by Crippen LogP contribution is 2.58. The van der Waals surface area contributed by atoms with Gasteiger partial charge in [0.25, 0.3) is 0 Å². The Labute approximate surface area is 173 Å². The Hall–Kier alpha value is -2.33. The Kier molecular flexibility index (Phi) is 5.39. The van der Waals surface area contributed by atoms with Crippen molar-refractivity contribution in [3.8, 4) is 17.0 Å². The molecule has 1 aliphatic carbocycles. The fourth-order valence-corrected chi connectivity index (χ4v) is 4.47. The third-order valence-corrected chi connectivity index (χ3v) is 5.88. The number of piperidine rings is 1. The molecule has 30 heavy (non-hydrogen) atoms. The van der Waals surface area contributed by atoms with Crippen LogP contribution in [-0.2, 0) is 4.74 Å². The summed E-state index contributed by atoms with van der Waals surface area (Å²) in [4.78, 5) is 6.28. The fraction of sp³-hybridized carbons (Fsp3) is 0.600. The van der Waals surface area contributed by atoms with Crippen molar-refractivity contribution < 1.29 is 22.6 Å². The average molecular weight is 425 g/mol. The highest BCUT2D eigenvalue weighted by atomic mass is 19.4. The number of fused-ring (bicyclic) bond motifs is 1. The molecular formula is C20H26F3N5O2. The van der Waals surface area contributed by atoms with Gasteiger partial charge in [0.1, 0.15) is 0 Å². The molecule has 10 heteroatoms. The molecule has 3 heterocycles. The first-order chi connectivity index (χ1) is 14.2. The van der Waals surface area contributed by atoms with E-state index in [0.29, 0.717) is 29.0 Å². The number of halogens is 3. The number of pyridine rings is 1. The van der Waals surface area contributed by atoms with Gasteiger partial charge in [0.05, 0.1) is 12.3 Å². The number of ether oxygens (including phenoxy) is 2. The molecule has 2 fully saturated rings. The molecular weight excluding hydrogens is 399 g/mol. The zero-order valence-electron chi connectivity index (χ0n) is 17.2. The van der Waals surface area contributed by atoms with Crippen molar-refractivity contribution >= 4 is 5.82 Å². The van der Waals surface area contributed by atoms with Crippen LogP contribution in [-0.4, -0.2) is 59.4 Å². The second kappa shape index (κ2) is 7.73. The fourth-order valence-electron chi connectivity index (χ4n) is 4.47. The molecule has 0 aromatic carbocycles. The van der Waals surface area contributed by atoms with Crippen LogP contribution in [0.4, 0.5) is 19.0 Å². The van der Waals surface area contributed by atoms with Gasteiger partial charge < -0.3 is 20.1 Å². The van der Waals surface area contributed by atoms with Gasteiger partial charge in [0, 0.05) is 56.2 Å². The number of hydrogen-bond donors (Lipinski definition) is 1. The molecule has 2 unspecified atom stereocenters. The Bertz CT molecular complexity index is 902. The van der Waals surface area contributed by atoms with E-state index in [1.165, 1.54) is 12.3 Å². The van der Waals surface area contributed by atoms with Crippen LogP contribution in [0.3, 0.4) is 0 Å². The maximum Gasteiger partial charge on any atom is 0.573 e. The van der Waals surface area contributed by atoms with Crippen molar-refractivity contribution in [2.45, 2.75) is 32.2 Å². The summed E-state index contributed by atoms with van der Waals surface area (Å²) in [5.41, 5.74) is 7.68. The Morgan fingerprint density at radius 2 is 1.93 bits per heavy atom. The molecule has 0 radical (unpaired) electrons. The third kappa shape index (κ3) is 4.11. The van der Waals surface area contributed by atoms with Crippen LogP contribution < -0.4 is 10.5 Å². The summed E-state index contributed by atoms with van der Waals surface area (Å²) in [6.45, 7) is 7.81. The number of nitrogens with zero attached hydrogens (tertiary/aromatic N) is 4. The maximum atomic E-state index is 12.6. The molecule has 0 amide bonds. The average Bonchev–Trinajstić information content (AvgIpc) is 3.03. The van der Waals surface area contributed by atoms with Gasteiger partial charge >= 0.3 is 6.36 Å². The highest BCUT2D eigenvalue weighted by Gasteiger charge is 2.57. The maximum absolute atomic E-state index is 12.6. The summed E-state index contributed by atoms with van der Waals surface area (Å²) in [5, 5.41) is 4.67. The van der Waals surface area contributed by atoms with Crippen LogP contribution in [0, 0.1) is 11.8 Å². The summed E-state index contributed by atoms with van der Waals surface area (Å²) in [7, 11) is 1.71. The number of hydrogen-bond acceptors (Lipinski definition) is 6. The summed E-state index contributed by atoms with van der Waals surface area (Å²) in [6, 6.07) is 3.34. The lowest BCUT2D eigenvalue weighted by atomic mass is 10.1. The quantitative estimate of drug-likeness (QED) is 0.734. The summed E-state index contributed by atoms with van der Waals surface area (Å²) in [6.07, 6.45) is -3.41. The SMILES string of the molecule is COCCN1CC2C(C1)C2c1cc(-c2cnc(N)c(OC(F)(F)F)c2)nn1C(C)C. The van der Waals surface area contributed by atoms with Crippen molar-refractivity contribution in [1.82, 2.24) is 19.7 Å². The first-order valence-electron chi connectivity index (χ1n) is 10.00. The summed E-state index contributed by atoms with van der Waals surface area (Å²) in [5.74, 6) is 0.750. The van der Waals surface area contributed by atoms with Crippen molar-refractivity contribution in [3.05, 3.63) is 24.0 Å². The van der Waals surface area contributed by atoms with Crippen LogP contribution >= 0.6 is 0 Å². The van der Waals surface area contributed by atoms with E-state index >= 15 is 0 Å². The minimum atomic E-state index is -4.84. The monoisotopic (exact) mass is 425 g/mol. The van der Waals surface area contributed by atoms with Gasteiger partial charge in [0.2, 0.25) is 0 Å². The van der Waals surface area contributed by atoms with Crippen LogP contribution in [0.25, 0.3) is 11.3 Å². The van der Waals surface area contributed by atoms with Crippen molar-refractivity contribution in [1.29, 1.82) is 0 Å². The molecule has 164 valence electrons. The lowest BCUT2D eigenvalue weighted by molar-refractivity contribution is -0.274. The predicted molar refractivity (Wildman–Crippen MR) is 105 cm³/mol. The molecule has 2 aliphatic rings. The number of nitrogens with two attached hydrogens (primary N) is 1. The zero-order valence-corrected chi connectivity index (χ0v) is 17.2. The Morgan fingerprint density at radius 1 is 1.23 bits per heavy atom. The van der Waals surface area contributed by atoms with E-state index in [9.17, 15) is 13.2 Å². The zero-order chi connectivity index (χ0) is 21.6. The number of methoxy groups -OCH3 is 1. The first-order valence-corrected chi connectivity index (χ1v) is 10.00. The third-order valence-electron chi connectivity index (χ3n) is 5.88. The van der Waals surface area contributed by atoms with Gasteiger partial charge in [-0.15, -0.1) is 13.2 Å². The summed E-state index contributed by atoms with van der Waals surface area (Å²) < 4.78 is 49.1. The van der Waals surface area contributed by atoms with Gasteiger partial charge in [-0.25, -0.2) is 4.98 Å². The lowest BCUT2D eigenvalue weighted by Crippen LogP contribution is -2.28. The molecule has 0 bridgehead atoms. The first kappa shape index (κ1) is 20.9. The standard InChI is InChI=1S/C20H26F3N5O2/c1-11(2)28-16(18-13-9-27(4-5-29-3)10-14(13)18)7-15(26-28)12-6-17(19(24)25-8-12)30-20(21,22)23/h6-8,11,13-14,18H,4-5,9-10H2,1-3H3,(H2,24,25). The van der Waals surface area contributed by atoms with Crippen molar-refractivity contribution in [3.63, 3.8) is 0 Å². The minimum Gasteiger partial charge on any atom is -0.402 e. The van der Waals surface area contributed by atoms with Crippen molar-refractivity contribution in [2.24, 2.45) is 11.8 Å². The van der Waals surface area contributed by atoms with Gasteiger partial charge in [-0.05, 0) is 37.8 Å². The molecule has 2 N–H and O–H groups in total. The van der Waals surface area contributed by atoms with Gasteiger partial charge in [-0.2, -0.15) is 5.10 Å². The number of alkyl halides is 3. The van der Waals surface area contributed by atoms with Gasteiger partial charge in [-0.3, -0.25) is 4.68 Å². The van der Waals surface area contributed by atoms with Crippen LogP contribution in [0.15, 0.2) is 18.3 Å². The van der Waals surface area contributed by atoms with Gasteiger partial charge in [-0.1, -0.05) is 0 Å². The van der Waals surface area contributed by atoms with E-state index in [0.717, 1.165) is 31.9 Å². The van der Waals surface area contributed by atoms with Gasteiger partial charge in [0.15, 0.2) is 11.6 Å². The van der Waals surface area contributed by atoms with Crippen LogP contribution in [0.1, 0.15) is 31.5 Å². The number of likely N-dealkylation sites (tertiary alicyclic amines) is 1. The number of anilines is 1. The lowest BCUT2D eigenvalue weighted by Gasteiger charge is -2.19. The molecule has 1 saturated heterocycles. The van der Waals surface area contributed by atoms with E-state index in [2.05, 4.69) is 19.7 Å². The normalized spacial score (nSPS) is 23.8. The van der Waals surface area contributed by atoms with E-state index in [4.69, 9.17) is 10.5 Å². The van der Waals surface area contributed by atoms with E-state index < -0.39 is 12.1 Å². The van der Waals surface area contributed by atoms with Crippen molar-refractivity contribution in [2.75, 3.05) is 39.1 Å². The Morgan fingerprint density at radius 3 is 2.53 bits per heavy atom. The number of aromatic nitrogens is 3. The molecule has 1 aliphatic heterocycles. The molecule has 2 aromatic rings. The van der Waals surface area contributed by atoms with E-state index in [1.807, 2.05) is 24.6 Å². The second-order valence-corrected chi connectivity index (χ2v) is 8.25. The van der Waals surface area contributed by atoms with E-state index in [-0.39, 0.29) is 11.9 Å². The second-order valence-electron chi connectivity index (χ2n) is 8.25. The molecule has 2 aromatic heterocycles. The molecule has 4 rings (SSSR count). The topological polar surface area (TPSA) is 78.4 Å². The number of nitrogen functional groups attached to an aromatic ring is 1. The molecule has 0 spiro atoms. The largest absolute Gasteiger partial charge is 0.573 e. The Balaban J connectivity index is 1.57. The molecule has 2 atom stereocenters. The van der Waals surface area contributed by atoms with Crippen LogP contribution in [0.5, 0.6) is 5.75 Å². The number of rotatable bonds is 7. The van der Waals surface area contributed by atoms with E-state index in [1.54, 1.807) is 7.11 Å². The van der Waals surface area contributed by atoms with Crippen LogP contribution in [0.2, 0.25) is 0 Å². The predicted octanol–water partition coefficient (Wildman–Crippen LogP) is 3.30.